The SMILES string of the molecule is CCCCCCCCC1(C)Cc2ccc(-c3nc4cc(CCCC)ccc4o3)cc2C1=O. The van der Waals surface area contributed by atoms with Crippen LogP contribution in [-0.2, 0) is 12.8 Å². The van der Waals surface area contributed by atoms with E-state index in [1.165, 1.54) is 56.1 Å². The molecule has 2 aromatic carbocycles. The van der Waals surface area contributed by atoms with Crippen molar-refractivity contribution >= 4 is 16.9 Å². The maximum Gasteiger partial charge on any atom is 0.227 e. The Balaban J connectivity index is 1.48. The predicted octanol–water partition coefficient (Wildman–Crippen LogP) is 8.33. The molecular weight excluding hydrogens is 394 g/mol. The second-order valence-corrected chi connectivity index (χ2v) is 9.88. The van der Waals surface area contributed by atoms with E-state index >= 15 is 0 Å². The zero-order chi connectivity index (χ0) is 22.6. The summed E-state index contributed by atoms with van der Waals surface area (Å²) in [5.41, 5.74) is 5.67. The first-order valence-corrected chi connectivity index (χ1v) is 12.6. The van der Waals surface area contributed by atoms with Gasteiger partial charge < -0.3 is 4.42 Å². The molecular formula is C29H37NO2. The monoisotopic (exact) mass is 431 g/mol. The van der Waals surface area contributed by atoms with Crippen molar-refractivity contribution in [1.82, 2.24) is 4.98 Å². The zero-order valence-electron chi connectivity index (χ0n) is 20.0. The highest BCUT2D eigenvalue weighted by Crippen LogP contribution is 2.42. The van der Waals surface area contributed by atoms with E-state index in [0.717, 1.165) is 47.9 Å². The molecule has 4 rings (SSSR count). The van der Waals surface area contributed by atoms with E-state index in [4.69, 9.17) is 9.40 Å². The van der Waals surface area contributed by atoms with Gasteiger partial charge in [-0.2, -0.15) is 0 Å². The Labute approximate surface area is 192 Å². The summed E-state index contributed by atoms with van der Waals surface area (Å²) in [7, 11) is 0. The van der Waals surface area contributed by atoms with Crippen LogP contribution in [0.25, 0.3) is 22.6 Å². The number of hydrogen-bond donors (Lipinski definition) is 0. The fourth-order valence-corrected chi connectivity index (χ4v) is 5.03. The number of Topliss-reactive ketones (excluding diaryl/α,β-unsaturated/α-hetero) is 1. The normalized spacial score (nSPS) is 17.9. The lowest BCUT2D eigenvalue weighted by atomic mass is 9.81. The van der Waals surface area contributed by atoms with E-state index in [0.29, 0.717) is 11.7 Å². The van der Waals surface area contributed by atoms with Crippen molar-refractivity contribution in [2.24, 2.45) is 5.41 Å². The van der Waals surface area contributed by atoms with Crippen LogP contribution in [0.15, 0.2) is 40.8 Å². The van der Waals surface area contributed by atoms with Crippen LogP contribution in [0.4, 0.5) is 0 Å². The topological polar surface area (TPSA) is 43.1 Å². The number of benzene rings is 2. The van der Waals surface area contributed by atoms with E-state index in [1.807, 2.05) is 12.1 Å². The summed E-state index contributed by atoms with van der Waals surface area (Å²) >= 11 is 0. The molecule has 1 heterocycles. The minimum absolute atomic E-state index is 0.263. The number of aromatic nitrogens is 1. The number of rotatable bonds is 11. The van der Waals surface area contributed by atoms with E-state index in [9.17, 15) is 4.79 Å². The highest BCUT2D eigenvalue weighted by Gasteiger charge is 2.41. The van der Waals surface area contributed by atoms with Gasteiger partial charge in [0.2, 0.25) is 5.89 Å². The molecule has 32 heavy (non-hydrogen) atoms. The first-order chi connectivity index (χ1) is 15.5. The summed E-state index contributed by atoms with van der Waals surface area (Å²) in [5, 5.41) is 0. The van der Waals surface area contributed by atoms with Crippen LogP contribution >= 0.6 is 0 Å². The van der Waals surface area contributed by atoms with Crippen molar-refractivity contribution in [3.05, 3.63) is 53.1 Å². The van der Waals surface area contributed by atoms with Gasteiger partial charge >= 0.3 is 0 Å². The second-order valence-electron chi connectivity index (χ2n) is 9.88. The molecule has 0 spiro atoms. The molecule has 0 aliphatic heterocycles. The summed E-state index contributed by atoms with van der Waals surface area (Å²) in [6, 6.07) is 12.5. The molecule has 0 amide bonds. The maximum absolute atomic E-state index is 13.3. The number of nitrogens with zero attached hydrogens (tertiary/aromatic N) is 1. The highest BCUT2D eigenvalue weighted by molar-refractivity contribution is 6.05. The quantitative estimate of drug-likeness (QED) is 0.287. The van der Waals surface area contributed by atoms with E-state index in [1.54, 1.807) is 0 Å². The van der Waals surface area contributed by atoms with Gasteiger partial charge in [-0.3, -0.25) is 4.79 Å². The average Bonchev–Trinajstić information content (AvgIpc) is 3.33. The van der Waals surface area contributed by atoms with Gasteiger partial charge in [-0.05, 0) is 61.1 Å². The van der Waals surface area contributed by atoms with Gasteiger partial charge in [0.1, 0.15) is 5.52 Å². The maximum atomic E-state index is 13.3. The summed E-state index contributed by atoms with van der Waals surface area (Å²) in [6.45, 7) is 6.61. The molecule has 1 aromatic heterocycles. The molecule has 1 aliphatic carbocycles. The molecule has 3 nitrogen and oxygen atoms in total. The summed E-state index contributed by atoms with van der Waals surface area (Å²) in [5.74, 6) is 0.897. The van der Waals surface area contributed by atoms with E-state index in [2.05, 4.69) is 45.0 Å². The van der Waals surface area contributed by atoms with E-state index < -0.39 is 0 Å². The van der Waals surface area contributed by atoms with Gasteiger partial charge in [-0.15, -0.1) is 0 Å². The van der Waals surface area contributed by atoms with Gasteiger partial charge in [0.05, 0.1) is 0 Å². The number of carbonyl (C=O) groups is 1. The smallest absolute Gasteiger partial charge is 0.227 e. The van der Waals surface area contributed by atoms with Crippen LogP contribution in [0.3, 0.4) is 0 Å². The van der Waals surface area contributed by atoms with Gasteiger partial charge in [-0.25, -0.2) is 4.98 Å². The molecule has 0 fully saturated rings. The van der Waals surface area contributed by atoms with Crippen LogP contribution < -0.4 is 0 Å². The Bertz CT molecular complexity index is 1080. The molecule has 3 aromatic rings. The summed E-state index contributed by atoms with van der Waals surface area (Å²) < 4.78 is 6.05. The van der Waals surface area contributed by atoms with Gasteiger partial charge in [-0.1, -0.05) is 77.8 Å². The van der Waals surface area contributed by atoms with Crippen molar-refractivity contribution in [2.75, 3.05) is 0 Å². The minimum atomic E-state index is -0.263. The Kier molecular flexibility index (Phi) is 7.13. The molecule has 0 radical (unpaired) electrons. The predicted molar refractivity (Wildman–Crippen MR) is 132 cm³/mol. The number of carbonyl (C=O) groups excluding carboxylic acids is 1. The third-order valence-corrected chi connectivity index (χ3v) is 7.08. The Morgan fingerprint density at radius 1 is 0.938 bits per heavy atom. The molecule has 170 valence electrons. The molecule has 1 unspecified atom stereocenters. The van der Waals surface area contributed by atoms with Gasteiger partial charge in [0.25, 0.3) is 0 Å². The fraction of sp³-hybridized carbons (Fsp3) is 0.517. The van der Waals surface area contributed by atoms with Crippen LogP contribution in [0, 0.1) is 5.41 Å². The Morgan fingerprint density at radius 3 is 2.53 bits per heavy atom. The van der Waals surface area contributed by atoms with Gasteiger partial charge in [0.15, 0.2) is 11.4 Å². The molecule has 3 heteroatoms. The Morgan fingerprint density at radius 2 is 1.72 bits per heavy atom. The number of unbranched alkanes of at least 4 members (excludes halogenated alkanes) is 6. The number of hydrogen-bond acceptors (Lipinski definition) is 3. The second kappa shape index (κ2) is 10.0. The van der Waals surface area contributed by atoms with Crippen molar-refractivity contribution in [1.29, 1.82) is 0 Å². The largest absolute Gasteiger partial charge is 0.436 e. The first kappa shape index (κ1) is 22.8. The zero-order valence-corrected chi connectivity index (χ0v) is 20.0. The number of oxazole rings is 1. The van der Waals surface area contributed by atoms with Crippen LogP contribution in [0.2, 0.25) is 0 Å². The summed E-state index contributed by atoms with van der Waals surface area (Å²) in [4.78, 5) is 18.1. The van der Waals surface area contributed by atoms with Crippen molar-refractivity contribution in [2.45, 2.75) is 91.4 Å². The molecule has 1 aliphatic rings. The lowest BCUT2D eigenvalue weighted by Crippen LogP contribution is -2.23. The van der Waals surface area contributed by atoms with Crippen molar-refractivity contribution in [3.8, 4) is 11.5 Å². The fourth-order valence-electron chi connectivity index (χ4n) is 5.03. The number of aryl methyl sites for hydroxylation is 1. The van der Waals surface area contributed by atoms with Crippen LogP contribution in [-0.4, -0.2) is 10.8 Å². The Hall–Kier alpha value is -2.42. The lowest BCUT2D eigenvalue weighted by Gasteiger charge is -2.21. The molecule has 0 saturated heterocycles. The highest BCUT2D eigenvalue weighted by atomic mass is 16.3. The van der Waals surface area contributed by atoms with Gasteiger partial charge in [0, 0.05) is 16.5 Å². The standard InChI is InChI=1S/C29H37NO2/c1-4-6-8-9-10-11-17-29(3)20-23-15-14-22(19-24(23)27(29)31)28-30-25-18-21(12-7-5-2)13-16-26(25)32-28/h13-16,18-19H,4-12,17,20H2,1-3H3. The third-order valence-electron chi connectivity index (χ3n) is 7.08. The molecule has 1 atom stereocenters. The average molecular weight is 432 g/mol. The van der Waals surface area contributed by atoms with Crippen LogP contribution in [0.5, 0.6) is 0 Å². The number of ketones is 1. The first-order valence-electron chi connectivity index (χ1n) is 12.6. The summed E-state index contributed by atoms with van der Waals surface area (Å²) in [6.07, 6.45) is 12.8. The molecule has 0 bridgehead atoms. The molecule has 0 N–H and O–H groups in total. The van der Waals surface area contributed by atoms with Crippen molar-refractivity contribution in [3.63, 3.8) is 0 Å². The minimum Gasteiger partial charge on any atom is -0.436 e. The third kappa shape index (κ3) is 4.82. The van der Waals surface area contributed by atoms with E-state index in [-0.39, 0.29) is 5.41 Å². The van der Waals surface area contributed by atoms with Crippen LogP contribution in [0.1, 0.15) is 100 Å². The molecule has 0 saturated carbocycles. The number of fused-ring (bicyclic) bond motifs is 2. The lowest BCUT2D eigenvalue weighted by molar-refractivity contribution is 0.0826. The van der Waals surface area contributed by atoms with Crippen molar-refractivity contribution < 1.29 is 9.21 Å².